The van der Waals surface area contributed by atoms with E-state index in [1.165, 1.54) is 16.7 Å². The minimum absolute atomic E-state index is 0.173. The minimum atomic E-state index is 0.173. The third kappa shape index (κ3) is 5.07. The Bertz CT molecular complexity index is 632. The maximum absolute atomic E-state index is 5.41. The Labute approximate surface area is 145 Å². The van der Waals surface area contributed by atoms with E-state index >= 15 is 0 Å². The van der Waals surface area contributed by atoms with Crippen molar-refractivity contribution in [3.8, 4) is 0 Å². The molecule has 23 heavy (non-hydrogen) atoms. The molecule has 0 fully saturated rings. The second kappa shape index (κ2) is 8.11. The fourth-order valence-corrected chi connectivity index (χ4v) is 2.73. The van der Waals surface area contributed by atoms with E-state index in [0.29, 0.717) is 11.0 Å². The molecule has 3 heteroatoms. The molecule has 0 heterocycles. The third-order valence-electron chi connectivity index (χ3n) is 4.27. The van der Waals surface area contributed by atoms with Crippen LogP contribution in [0.3, 0.4) is 0 Å². The van der Waals surface area contributed by atoms with Gasteiger partial charge in [-0.25, -0.2) is 0 Å². The van der Waals surface area contributed by atoms with Crippen LogP contribution in [0.5, 0.6) is 0 Å². The maximum atomic E-state index is 5.41. The number of benzene rings is 2. The van der Waals surface area contributed by atoms with Crippen LogP contribution in [0.25, 0.3) is 0 Å². The summed E-state index contributed by atoms with van der Waals surface area (Å²) in [4.78, 5) is 0. The molecule has 0 spiro atoms. The summed E-state index contributed by atoms with van der Waals surface area (Å²) in [5, 5.41) is 7.22. The summed E-state index contributed by atoms with van der Waals surface area (Å²) in [7, 11) is 0. The quantitative estimate of drug-likeness (QED) is 0.704. The fraction of sp³-hybridized carbons (Fsp3) is 0.350. The molecule has 0 aromatic heterocycles. The lowest BCUT2D eigenvalue weighted by Gasteiger charge is -2.18. The van der Waals surface area contributed by atoms with E-state index in [2.05, 4.69) is 74.7 Å². The highest BCUT2D eigenvalue weighted by atomic mass is 32.1. The summed E-state index contributed by atoms with van der Waals surface area (Å²) < 4.78 is 0. The molecule has 122 valence electrons. The van der Waals surface area contributed by atoms with Gasteiger partial charge in [0.2, 0.25) is 0 Å². The van der Waals surface area contributed by atoms with Crippen LogP contribution in [0.1, 0.15) is 55.8 Å². The van der Waals surface area contributed by atoms with Crippen LogP contribution in [0.2, 0.25) is 0 Å². The molecule has 2 unspecified atom stereocenters. The average Bonchev–Trinajstić information content (AvgIpc) is 2.56. The number of thiocarbonyl (C=S) groups is 1. The van der Waals surface area contributed by atoms with Crippen LogP contribution in [0, 0.1) is 6.92 Å². The molecule has 2 aromatic rings. The minimum Gasteiger partial charge on any atom is -0.356 e. The van der Waals surface area contributed by atoms with E-state index in [9.17, 15) is 0 Å². The Kier molecular flexibility index (Phi) is 6.17. The van der Waals surface area contributed by atoms with Crippen molar-refractivity contribution in [1.29, 1.82) is 0 Å². The summed E-state index contributed by atoms with van der Waals surface area (Å²) in [6.07, 6.45) is 1.16. The Morgan fingerprint density at radius 2 is 1.52 bits per heavy atom. The van der Waals surface area contributed by atoms with Crippen molar-refractivity contribution < 1.29 is 0 Å². The van der Waals surface area contributed by atoms with Gasteiger partial charge in [0.1, 0.15) is 0 Å². The van der Waals surface area contributed by atoms with Crippen LogP contribution < -0.4 is 10.6 Å². The summed E-state index contributed by atoms with van der Waals surface area (Å²) in [6.45, 7) is 8.68. The first kappa shape index (κ1) is 17.5. The highest BCUT2D eigenvalue weighted by Crippen LogP contribution is 2.21. The van der Waals surface area contributed by atoms with Crippen LogP contribution in [-0.2, 0) is 0 Å². The molecule has 0 aliphatic rings. The number of hydrogen-bond acceptors (Lipinski definition) is 1. The van der Waals surface area contributed by atoms with Gasteiger partial charge in [-0.3, -0.25) is 0 Å². The lowest BCUT2D eigenvalue weighted by atomic mass is 9.96. The van der Waals surface area contributed by atoms with E-state index in [1.807, 2.05) is 12.1 Å². The zero-order valence-corrected chi connectivity index (χ0v) is 15.2. The molecule has 2 nitrogen and oxygen atoms in total. The molecule has 0 saturated carbocycles. The van der Waals surface area contributed by atoms with Crippen molar-refractivity contribution in [2.75, 3.05) is 5.32 Å². The molecule has 2 aromatic carbocycles. The molecule has 0 saturated heterocycles. The Morgan fingerprint density at radius 3 is 2.09 bits per heavy atom. The van der Waals surface area contributed by atoms with Gasteiger partial charge >= 0.3 is 0 Å². The highest BCUT2D eigenvalue weighted by Gasteiger charge is 2.09. The summed E-state index contributed by atoms with van der Waals surface area (Å²) in [5.41, 5.74) is 4.88. The smallest absolute Gasteiger partial charge is 0.171 e. The van der Waals surface area contributed by atoms with Gasteiger partial charge in [0.25, 0.3) is 0 Å². The van der Waals surface area contributed by atoms with E-state index in [0.717, 1.165) is 12.1 Å². The average molecular weight is 327 g/mol. The standard InChI is InChI=1S/C20H26N2S/c1-5-15(3)17-8-10-18(11-9-17)16(4)21-20(23)22-19-12-6-14(2)7-13-19/h6-13,15-16H,5H2,1-4H3,(H2,21,22,23). The molecule has 2 rings (SSSR count). The largest absolute Gasteiger partial charge is 0.356 e. The first-order valence-electron chi connectivity index (χ1n) is 8.23. The zero-order valence-electron chi connectivity index (χ0n) is 14.4. The topological polar surface area (TPSA) is 24.1 Å². The monoisotopic (exact) mass is 326 g/mol. The van der Waals surface area contributed by atoms with Gasteiger partial charge in [0.15, 0.2) is 5.11 Å². The second-order valence-corrected chi connectivity index (χ2v) is 6.57. The van der Waals surface area contributed by atoms with Crippen molar-refractivity contribution in [2.24, 2.45) is 0 Å². The zero-order chi connectivity index (χ0) is 16.8. The van der Waals surface area contributed by atoms with Gasteiger partial charge in [-0.2, -0.15) is 0 Å². The molecule has 0 amide bonds. The molecular formula is C20H26N2S. The van der Waals surface area contributed by atoms with Gasteiger partial charge < -0.3 is 10.6 Å². The maximum Gasteiger partial charge on any atom is 0.171 e. The lowest BCUT2D eigenvalue weighted by Crippen LogP contribution is -2.30. The number of hydrogen-bond donors (Lipinski definition) is 2. The van der Waals surface area contributed by atoms with Crippen molar-refractivity contribution in [3.63, 3.8) is 0 Å². The van der Waals surface area contributed by atoms with Crippen LogP contribution in [0.15, 0.2) is 48.5 Å². The van der Waals surface area contributed by atoms with E-state index in [1.54, 1.807) is 0 Å². The van der Waals surface area contributed by atoms with Gasteiger partial charge in [-0.05, 0) is 61.7 Å². The van der Waals surface area contributed by atoms with Crippen molar-refractivity contribution in [2.45, 2.75) is 46.1 Å². The molecule has 0 aliphatic carbocycles. The van der Waals surface area contributed by atoms with Crippen molar-refractivity contribution >= 4 is 23.0 Å². The molecule has 0 radical (unpaired) electrons. The summed E-state index contributed by atoms with van der Waals surface area (Å²) in [5.74, 6) is 0.608. The number of rotatable bonds is 5. The number of aryl methyl sites for hydroxylation is 1. The third-order valence-corrected chi connectivity index (χ3v) is 4.49. The van der Waals surface area contributed by atoms with Crippen LogP contribution in [0.4, 0.5) is 5.69 Å². The molecular weight excluding hydrogens is 300 g/mol. The highest BCUT2D eigenvalue weighted by molar-refractivity contribution is 7.80. The second-order valence-electron chi connectivity index (χ2n) is 6.16. The Balaban J connectivity index is 1.94. The Hall–Kier alpha value is -1.87. The molecule has 2 N–H and O–H groups in total. The van der Waals surface area contributed by atoms with Crippen molar-refractivity contribution in [3.05, 3.63) is 65.2 Å². The van der Waals surface area contributed by atoms with Crippen LogP contribution in [-0.4, -0.2) is 5.11 Å². The predicted octanol–water partition coefficient (Wildman–Crippen LogP) is 5.56. The molecule has 0 bridgehead atoms. The van der Waals surface area contributed by atoms with Gasteiger partial charge in [0.05, 0.1) is 6.04 Å². The first-order chi connectivity index (χ1) is 11.0. The molecule has 0 aliphatic heterocycles. The lowest BCUT2D eigenvalue weighted by molar-refractivity contribution is 0.713. The van der Waals surface area contributed by atoms with Gasteiger partial charge in [-0.1, -0.05) is 55.8 Å². The molecule has 2 atom stereocenters. The predicted molar refractivity (Wildman–Crippen MR) is 104 cm³/mol. The number of nitrogens with one attached hydrogen (secondary N) is 2. The normalized spacial score (nSPS) is 13.2. The number of anilines is 1. The van der Waals surface area contributed by atoms with E-state index in [-0.39, 0.29) is 6.04 Å². The summed E-state index contributed by atoms with van der Waals surface area (Å²) in [6, 6.07) is 17.2. The van der Waals surface area contributed by atoms with Crippen LogP contribution >= 0.6 is 12.2 Å². The SMILES string of the molecule is CCC(C)c1ccc(C(C)NC(=S)Nc2ccc(C)cc2)cc1. The fourth-order valence-electron chi connectivity index (χ4n) is 2.43. The van der Waals surface area contributed by atoms with Gasteiger partial charge in [-0.15, -0.1) is 0 Å². The van der Waals surface area contributed by atoms with Gasteiger partial charge in [0, 0.05) is 5.69 Å². The summed E-state index contributed by atoms with van der Waals surface area (Å²) >= 11 is 5.41. The van der Waals surface area contributed by atoms with Crippen molar-refractivity contribution in [1.82, 2.24) is 5.32 Å². The van der Waals surface area contributed by atoms with E-state index in [4.69, 9.17) is 12.2 Å². The van der Waals surface area contributed by atoms with E-state index < -0.39 is 0 Å². The Morgan fingerprint density at radius 1 is 0.957 bits per heavy atom. The first-order valence-corrected chi connectivity index (χ1v) is 8.64.